The van der Waals surface area contributed by atoms with Crippen molar-refractivity contribution in [1.29, 1.82) is 0 Å². The van der Waals surface area contributed by atoms with Crippen LogP contribution in [0.2, 0.25) is 0 Å². The smallest absolute Gasteiger partial charge is 0.410 e. The SMILES string of the molecule is CC(C)[C@@H](OC(=O)N1CCC1)C1C[C@@H](C)[C@H]2C(O1)[C@H](O)[C@@]1(C)C3CC[C@H]4C(C)(C)C(OC(=O)NC5CNC5)CC[C@@]45C[C@@]35CC[C@]21C. The molecule has 0 aromatic rings. The van der Waals surface area contributed by atoms with Crippen molar-refractivity contribution in [3.05, 3.63) is 0 Å². The molecule has 2 spiro atoms. The molecule has 4 unspecified atom stereocenters. The van der Waals surface area contributed by atoms with Crippen LogP contribution in [0.15, 0.2) is 0 Å². The van der Waals surface area contributed by atoms with Crippen LogP contribution < -0.4 is 10.6 Å². The highest BCUT2D eigenvalue weighted by Gasteiger charge is 2.84. The number of carbonyl (C=O) groups excluding carboxylic acids is 2. The van der Waals surface area contributed by atoms with Crippen molar-refractivity contribution in [2.24, 2.45) is 56.7 Å². The topological polar surface area (TPSA) is 109 Å². The first-order valence-electron chi connectivity index (χ1n) is 19.2. The van der Waals surface area contributed by atoms with Crippen LogP contribution in [0.25, 0.3) is 0 Å². The van der Waals surface area contributed by atoms with Crippen molar-refractivity contribution in [2.45, 2.75) is 143 Å². The molecule has 13 atom stereocenters. The summed E-state index contributed by atoms with van der Waals surface area (Å²) in [6.45, 7) is 19.4. The molecule has 3 heterocycles. The number of hydrogen-bond donors (Lipinski definition) is 3. The lowest BCUT2D eigenvalue weighted by Gasteiger charge is -2.63. The molecular formula is C38H61N3O6. The average Bonchev–Trinajstić information content (AvgIpc) is 3.59. The van der Waals surface area contributed by atoms with Crippen LogP contribution in [-0.4, -0.2) is 84.9 Å². The Labute approximate surface area is 282 Å². The molecule has 0 aromatic heterocycles. The number of nitrogens with zero attached hydrogens (tertiary/aromatic N) is 1. The second-order valence-corrected chi connectivity index (χ2v) is 18.9. The molecule has 3 N–H and O–H groups in total. The third-order valence-electron chi connectivity index (χ3n) is 16.5. The fourth-order valence-corrected chi connectivity index (χ4v) is 13.8. The summed E-state index contributed by atoms with van der Waals surface area (Å²) in [7, 11) is 0. The Morgan fingerprint density at radius 1 is 1.00 bits per heavy atom. The first-order valence-corrected chi connectivity index (χ1v) is 19.2. The molecule has 0 radical (unpaired) electrons. The summed E-state index contributed by atoms with van der Waals surface area (Å²) in [6.07, 6.45) is 7.93. The van der Waals surface area contributed by atoms with E-state index in [9.17, 15) is 14.7 Å². The molecule has 3 saturated heterocycles. The minimum atomic E-state index is -0.546. The molecule has 8 aliphatic rings. The number of fused-ring (bicyclic) bond motifs is 4. The predicted octanol–water partition coefficient (Wildman–Crippen LogP) is 5.73. The van der Waals surface area contributed by atoms with Crippen molar-refractivity contribution < 1.29 is 28.9 Å². The molecule has 5 saturated carbocycles. The summed E-state index contributed by atoms with van der Waals surface area (Å²) in [4.78, 5) is 27.5. The van der Waals surface area contributed by atoms with E-state index in [1.54, 1.807) is 4.90 Å². The summed E-state index contributed by atoms with van der Waals surface area (Å²) in [6, 6.07) is 0.181. The first-order chi connectivity index (χ1) is 22.2. The normalized spacial score (nSPS) is 49.9. The van der Waals surface area contributed by atoms with Crippen molar-refractivity contribution >= 4 is 12.2 Å². The molecule has 5 aliphatic carbocycles. The molecule has 3 aliphatic heterocycles. The van der Waals surface area contributed by atoms with Gasteiger partial charge in [0.05, 0.1) is 24.4 Å². The second-order valence-electron chi connectivity index (χ2n) is 18.9. The van der Waals surface area contributed by atoms with Gasteiger partial charge in [-0.3, -0.25) is 0 Å². The Morgan fingerprint density at radius 2 is 1.70 bits per heavy atom. The number of likely N-dealkylation sites (tertiary alicyclic amines) is 1. The number of aliphatic hydroxyl groups is 1. The van der Waals surface area contributed by atoms with Gasteiger partial charge in [-0.15, -0.1) is 0 Å². The van der Waals surface area contributed by atoms with E-state index in [0.717, 1.165) is 71.1 Å². The molecule has 9 heteroatoms. The van der Waals surface area contributed by atoms with Gasteiger partial charge in [0.2, 0.25) is 0 Å². The Kier molecular flexibility index (Phi) is 7.43. The highest BCUT2D eigenvalue weighted by molar-refractivity contribution is 5.69. The monoisotopic (exact) mass is 655 g/mol. The number of aliphatic hydroxyl groups excluding tert-OH is 1. The maximum atomic E-state index is 12.9. The fraction of sp³-hybridized carbons (Fsp3) is 0.947. The van der Waals surface area contributed by atoms with Crippen LogP contribution in [0, 0.1) is 56.7 Å². The zero-order valence-corrected chi connectivity index (χ0v) is 30.0. The standard InChI is InChI=1S/C38H61N3O6/c1-21(2)29(47-33(44)41-15-8-16-41)24-17-22(3)28-30(45-24)31(42)36(7)26-10-9-25-34(4,5)27(46-32(43)40-23-18-39-19-23)11-12-37(25)20-38(26,37)14-13-35(28,36)6/h21-31,39,42H,8-20H2,1-7H3,(H,40,43)/t22-,24?,25+,26?,27?,28+,29-,30?,31+,35-,36-,37-,38+/m1/s1. The quantitative estimate of drug-likeness (QED) is 0.347. The fourth-order valence-electron chi connectivity index (χ4n) is 13.8. The summed E-state index contributed by atoms with van der Waals surface area (Å²) in [5, 5.41) is 18.9. The van der Waals surface area contributed by atoms with Gasteiger partial charge in [-0.25, -0.2) is 9.59 Å². The third-order valence-corrected chi connectivity index (χ3v) is 16.5. The van der Waals surface area contributed by atoms with Crippen LogP contribution in [0.3, 0.4) is 0 Å². The van der Waals surface area contributed by atoms with Gasteiger partial charge in [-0.2, -0.15) is 0 Å². The van der Waals surface area contributed by atoms with Gasteiger partial charge >= 0.3 is 12.2 Å². The lowest BCUT2D eigenvalue weighted by molar-refractivity contribution is -0.185. The molecule has 47 heavy (non-hydrogen) atoms. The van der Waals surface area contributed by atoms with E-state index >= 15 is 0 Å². The van der Waals surface area contributed by atoms with E-state index in [0.29, 0.717) is 17.8 Å². The molecule has 8 fully saturated rings. The summed E-state index contributed by atoms with van der Waals surface area (Å²) in [5.41, 5.74) is 0.175. The summed E-state index contributed by atoms with van der Waals surface area (Å²) < 4.78 is 19.3. The molecule has 8 rings (SSSR count). The Balaban J connectivity index is 1.03. The zero-order chi connectivity index (χ0) is 33.3. The van der Waals surface area contributed by atoms with Crippen molar-refractivity contribution in [1.82, 2.24) is 15.5 Å². The Morgan fingerprint density at radius 3 is 2.34 bits per heavy atom. The lowest BCUT2D eigenvalue weighted by atomic mass is 9.41. The second kappa shape index (κ2) is 10.7. The van der Waals surface area contributed by atoms with E-state index in [2.05, 4.69) is 59.1 Å². The molecule has 2 amide bonds. The first kappa shape index (κ1) is 32.6. The van der Waals surface area contributed by atoms with E-state index in [4.69, 9.17) is 14.2 Å². The maximum absolute atomic E-state index is 12.9. The number of alkyl carbamates (subject to hydrolysis) is 1. The summed E-state index contributed by atoms with van der Waals surface area (Å²) in [5.74, 6) is 1.76. The van der Waals surface area contributed by atoms with E-state index in [1.807, 2.05) is 0 Å². The third kappa shape index (κ3) is 4.30. The van der Waals surface area contributed by atoms with Gasteiger partial charge in [0.25, 0.3) is 0 Å². The molecule has 264 valence electrons. The minimum absolute atomic E-state index is 0.0139. The largest absolute Gasteiger partial charge is 0.446 e. The van der Waals surface area contributed by atoms with Gasteiger partial charge in [-0.1, -0.05) is 48.5 Å². The van der Waals surface area contributed by atoms with Crippen molar-refractivity contribution in [3.8, 4) is 0 Å². The predicted molar refractivity (Wildman–Crippen MR) is 177 cm³/mol. The molecule has 0 aromatic carbocycles. The van der Waals surface area contributed by atoms with Crippen LogP contribution >= 0.6 is 0 Å². The van der Waals surface area contributed by atoms with Gasteiger partial charge in [0.15, 0.2) is 0 Å². The Hall–Kier alpha value is -1.58. The number of nitrogens with one attached hydrogen (secondary N) is 2. The number of carbonyl (C=O) groups is 2. The van der Waals surface area contributed by atoms with Gasteiger partial charge in [0.1, 0.15) is 12.2 Å². The highest BCUT2D eigenvalue weighted by atomic mass is 16.6. The number of rotatable bonds is 5. The maximum Gasteiger partial charge on any atom is 0.410 e. The van der Waals surface area contributed by atoms with Crippen LogP contribution in [0.4, 0.5) is 9.59 Å². The Bertz CT molecular complexity index is 1280. The van der Waals surface area contributed by atoms with Gasteiger partial charge < -0.3 is 34.9 Å². The van der Waals surface area contributed by atoms with Crippen LogP contribution in [0.1, 0.15) is 106 Å². The average molecular weight is 656 g/mol. The number of amides is 2. The van der Waals surface area contributed by atoms with Crippen molar-refractivity contribution in [3.63, 3.8) is 0 Å². The van der Waals surface area contributed by atoms with E-state index in [1.165, 1.54) is 12.8 Å². The minimum Gasteiger partial charge on any atom is -0.446 e. The summed E-state index contributed by atoms with van der Waals surface area (Å²) >= 11 is 0. The lowest BCUT2D eigenvalue weighted by Crippen LogP contribution is -2.60. The van der Waals surface area contributed by atoms with Crippen LogP contribution in [-0.2, 0) is 14.2 Å². The molecular weight excluding hydrogens is 594 g/mol. The van der Waals surface area contributed by atoms with Crippen LogP contribution in [0.5, 0.6) is 0 Å². The van der Waals surface area contributed by atoms with Gasteiger partial charge in [0, 0.05) is 37.0 Å². The van der Waals surface area contributed by atoms with E-state index in [-0.39, 0.29) is 81.6 Å². The van der Waals surface area contributed by atoms with E-state index < -0.39 is 6.10 Å². The van der Waals surface area contributed by atoms with Crippen molar-refractivity contribution in [2.75, 3.05) is 26.2 Å². The molecule has 0 bridgehead atoms. The number of hydrogen-bond acceptors (Lipinski definition) is 7. The molecule has 9 nitrogen and oxygen atoms in total. The highest BCUT2D eigenvalue weighted by Crippen LogP contribution is 2.89. The zero-order valence-electron chi connectivity index (χ0n) is 30.0. The van der Waals surface area contributed by atoms with Gasteiger partial charge in [-0.05, 0) is 104 Å². The number of ether oxygens (including phenoxy) is 3.